The van der Waals surface area contributed by atoms with Gasteiger partial charge in [-0.3, -0.25) is 0 Å². The lowest BCUT2D eigenvalue weighted by atomic mass is 10.2. The van der Waals surface area contributed by atoms with Crippen LogP contribution in [0.25, 0.3) is 0 Å². The first-order chi connectivity index (χ1) is 10.4. The maximum atomic E-state index is 12.9. The zero-order valence-electron chi connectivity index (χ0n) is 13.2. The van der Waals surface area contributed by atoms with Crippen LogP contribution in [0.5, 0.6) is 0 Å². The van der Waals surface area contributed by atoms with Gasteiger partial charge in [-0.2, -0.15) is 4.31 Å². The molecule has 0 fully saturated rings. The largest absolute Gasteiger partial charge is 0.331 e. The first-order valence-electron chi connectivity index (χ1n) is 7.51. The quantitative estimate of drug-likeness (QED) is 0.873. The molecule has 5 nitrogen and oxygen atoms in total. The zero-order chi connectivity index (χ0) is 15.9. The Morgan fingerprint density at radius 2 is 1.95 bits per heavy atom. The molecule has 118 valence electrons. The third-order valence-corrected chi connectivity index (χ3v) is 6.18. The summed E-state index contributed by atoms with van der Waals surface area (Å²) in [6.07, 6.45) is 2.49. The van der Waals surface area contributed by atoms with Gasteiger partial charge in [0.2, 0.25) is 10.0 Å². The first-order valence-corrected chi connectivity index (χ1v) is 8.95. The van der Waals surface area contributed by atoms with E-state index in [1.807, 2.05) is 25.4 Å². The van der Waals surface area contributed by atoms with Crippen molar-refractivity contribution < 1.29 is 8.42 Å². The van der Waals surface area contributed by atoms with Crippen molar-refractivity contribution in [2.24, 2.45) is 0 Å². The molecule has 0 N–H and O–H groups in total. The SMILES string of the molecule is Cc1ccccc1S(=O)(=O)N1CCc2ncn(C(C)C)c2C1. The predicted octanol–water partition coefficient (Wildman–Crippen LogP) is 2.52. The topological polar surface area (TPSA) is 55.2 Å². The average molecular weight is 319 g/mol. The van der Waals surface area contributed by atoms with E-state index in [1.54, 1.807) is 16.4 Å². The molecule has 2 heterocycles. The number of nitrogens with zero attached hydrogens (tertiary/aromatic N) is 3. The van der Waals surface area contributed by atoms with E-state index in [1.165, 1.54) is 0 Å². The molecule has 1 aliphatic heterocycles. The molecular formula is C16H21N3O2S. The van der Waals surface area contributed by atoms with Gasteiger partial charge in [0, 0.05) is 19.0 Å². The number of aryl methyl sites for hydroxylation is 1. The average Bonchev–Trinajstić information content (AvgIpc) is 2.90. The van der Waals surface area contributed by atoms with E-state index < -0.39 is 10.0 Å². The molecule has 1 aromatic carbocycles. The van der Waals surface area contributed by atoms with Gasteiger partial charge < -0.3 is 4.57 Å². The summed E-state index contributed by atoms with van der Waals surface area (Å²) in [5, 5.41) is 0. The normalized spacial score (nSPS) is 16.0. The Kier molecular flexibility index (Phi) is 3.82. The third kappa shape index (κ3) is 2.46. The molecule has 0 aliphatic carbocycles. The second kappa shape index (κ2) is 5.52. The summed E-state index contributed by atoms with van der Waals surface area (Å²) in [5.74, 6) is 0. The highest BCUT2D eigenvalue weighted by molar-refractivity contribution is 7.89. The van der Waals surface area contributed by atoms with Gasteiger partial charge in [0.25, 0.3) is 0 Å². The molecule has 22 heavy (non-hydrogen) atoms. The molecule has 0 spiro atoms. The molecule has 2 aromatic rings. The summed E-state index contributed by atoms with van der Waals surface area (Å²) in [6.45, 7) is 6.87. The number of benzene rings is 1. The van der Waals surface area contributed by atoms with Crippen molar-refractivity contribution in [3.63, 3.8) is 0 Å². The van der Waals surface area contributed by atoms with Crippen molar-refractivity contribution in [3.05, 3.63) is 47.5 Å². The maximum Gasteiger partial charge on any atom is 0.243 e. The summed E-state index contributed by atoms with van der Waals surface area (Å²) in [5.41, 5.74) is 2.81. The maximum absolute atomic E-state index is 12.9. The Morgan fingerprint density at radius 1 is 1.23 bits per heavy atom. The van der Waals surface area contributed by atoms with Crippen LogP contribution in [0.1, 0.15) is 36.8 Å². The highest BCUT2D eigenvalue weighted by Gasteiger charge is 2.31. The van der Waals surface area contributed by atoms with Gasteiger partial charge in [0.15, 0.2) is 0 Å². The number of imidazole rings is 1. The van der Waals surface area contributed by atoms with E-state index in [-0.39, 0.29) is 6.04 Å². The molecule has 0 atom stereocenters. The Hall–Kier alpha value is -1.66. The highest BCUT2D eigenvalue weighted by Crippen LogP contribution is 2.27. The van der Waals surface area contributed by atoms with Gasteiger partial charge in [-0.25, -0.2) is 13.4 Å². The monoisotopic (exact) mass is 319 g/mol. The molecule has 0 saturated heterocycles. The fraction of sp³-hybridized carbons (Fsp3) is 0.438. The van der Waals surface area contributed by atoms with Crippen molar-refractivity contribution >= 4 is 10.0 Å². The zero-order valence-corrected chi connectivity index (χ0v) is 14.0. The Labute approximate surface area is 131 Å². The number of hydrogen-bond acceptors (Lipinski definition) is 3. The summed E-state index contributed by atoms with van der Waals surface area (Å²) in [7, 11) is -3.46. The Bertz CT molecular complexity index is 793. The fourth-order valence-corrected chi connectivity index (χ4v) is 4.55. The van der Waals surface area contributed by atoms with Crippen molar-refractivity contribution in [2.45, 2.75) is 44.7 Å². The van der Waals surface area contributed by atoms with E-state index in [2.05, 4.69) is 23.4 Å². The number of sulfonamides is 1. The number of aromatic nitrogens is 2. The molecule has 1 aromatic heterocycles. The summed E-state index contributed by atoms with van der Waals surface area (Å²) in [6, 6.07) is 7.42. The molecule has 6 heteroatoms. The van der Waals surface area contributed by atoms with E-state index in [0.717, 1.165) is 17.0 Å². The van der Waals surface area contributed by atoms with Gasteiger partial charge in [0.1, 0.15) is 0 Å². The van der Waals surface area contributed by atoms with Crippen LogP contribution >= 0.6 is 0 Å². The van der Waals surface area contributed by atoms with E-state index in [0.29, 0.717) is 24.4 Å². The summed E-state index contributed by atoms with van der Waals surface area (Å²) in [4.78, 5) is 4.82. The van der Waals surface area contributed by atoms with Gasteiger partial charge in [-0.15, -0.1) is 0 Å². The first kappa shape index (κ1) is 15.2. The minimum absolute atomic E-state index is 0.275. The second-order valence-corrected chi connectivity index (χ2v) is 7.90. The van der Waals surface area contributed by atoms with Crippen molar-refractivity contribution in [1.29, 1.82) is 0 Å². The van der Waals surface area contributed by atoms with Crippen LogP contribution in [0, 0.1) is 6.92 Å². The Balaban J connectivity index is 1.97. The molecule has 0 bridgehead atoms. The van der Waals surface area contributed by atoms with Crippen molar-refractivity contribution in [1.82, 2.24) is 13.9 Å². The lowest BCUT2D eigenvalue weighted by Crippen LogP contribution is -2.37. The fourth-order valence-electron chi connectivity index (χ4n) is 2.92. The van der Waals surface area contributed by atoms with E-state index >= 15 is 0 Å². The summed E-state index contributed by atoms with van der Waals surface area (Å²) >= 11 is 0. The van der Waals surface area contributed by atoms with E-state index in [4.69, 9.17) is 0 Å². The van der Waals surface area contributed by atoms with Crippen LogP contribution in [-0.4, -0.2) is 28.8 Å². The molecule has 0 unspecified atom stereocenters. The van der Waals surface area contributed by atoms with Gasteiger partial charge in [0.05, 0.1) is 29.2 Å². The van der Waals surface area contributed by atoms with Crippen LogP contribution in [0.4, 0.5) is 0 Å². The number of fused-ring (bicyclic) bond motifs is 1. The van der Waals surface area contributed by atoms with Gasteiger partial charge >= 0.3 is 0 Å². The van der Waals surface area contributed by atoms with Gasteiger partial charge in [-0.05, 0) is 32.4 Å². The minimum Gasteiger partial charge on any atom is -0.331 e. The molecule has 3 rings (SSSR count). The van der Waals surface area contributed by atoms with Crippen molar-refractivity contribution in [2.75, 3.05) is 6.54 Å². The van der Waals surface area contributed by atoms with Crippen LogP contribution in [0.2, 0.25) is 0 Å². The van der Waals surface area contributed by atoms with Crippen LogP contribution in [0.3, 0.4) is 0 Å². The van der Waals surface area contributed by atoms with Crippen LogP contribution in [0.15, 0.2) is 35.5 Å². The predicted molar refractivity (Wildman–Crippen MR) is 85.1 cm³/mol. The van der Waals surface area contributed by atoms with Crippen molar-refractivity contribution in [3.8, 4) is 0 Å². The van der Waals surface area contributed by atoms with Gasteiger partial charge in [-0.1, -0.05) is 18.2 Å². The number of rotatable bonds is 3. The molecule has 0 radical (unpaired) electrons. The third-order valence-electron chi connectivity index (χ3n) is 4.17. The van der Waals surface area contributed by atoms with Crippen LogP contribution < -0.4 is 0 Å². The smallest absolute Gasteiger partial charge is 0.243 e. The molecule has 1 aliphatic rings. The molecule has 0 saturated carbocycles. The number of hydrogen-bond donors (Lipinski definition) is 0. The summed E-state index contributed by atoms with van der Waals surface area (Å²) < 4.78 is 29.5. The Morgan fingerprint density at radius 3 is 2.64 bits per heavy atom. The minimum atomic E-state index is -3.46. The lowest BCUT2D eigenvalue weighted by molar-refractivity contribution is 0.372. The molecule has 0 amide bonds. The second-order valence-electron chi connectivity index (χ2n) is 5.99. The van der Waals surface area contributed by atoms with Crippen LogP contribution in [-0.2, 0) is 23.0 Å². The highest BCUT2D eigenvalue weighted by atomic mass is 32.2. The molecular weight excluding hydrogens is 298 g/mol. The lowest BCUT2D eigenvalue weighted by Gasteiger charge is -2.28. The van der Waals surface area contributed by atoms with E-state index in [9.17, 15) is 8.42 Å². The standard InChI is InChI=1S/C16H21N3O2S/c1-12(2)19-11-17-14-8-9-18(10-15(14)19)22(20,21)16-7-5-4-6-13(16)3/h4-7,11-12H,8-10H2,1-3H3.